The molecule has 0 amide bonds. The van der Waals surface area contributed by atoms with Gasteiger partial charge in [0.2, 0.25) is 5.95 Å². The van der Waals surface area contributed by atoms with Crippen molar-refractivity contribution in [3.05, 3.63) is 76.5 Å². The van der Waals surface area contributed by atoms with Gasteiger partial charge in [0.05, 0.1) is 18.3 Å². The van der Waals surface area contributed by atoms with E-state index in [0.29, 0.717) is 30.1 Å². The SMILES string of the molecule is C=S(C)c1ccc(F)c(-c2cc3cnc(Nc4ccc(C5CNCCO5)cc4)nc3n(CC)c2=O)c1. The first kappa shape index (κ1) is 24.3. The largest absolute Gasteiger partial charge is 0.371 e. The first-order valence-electron chi connectivity index (χ1n) is 11.8. The van der Waals surface area contributed by atoms with Gasteiger partial charge in [0.25, 0.3) is 5.56 Å². The molecule has 7 nitrogen and oxygen atoms in total. The molecule has 2 N–H and O–H groups in total. The molecule has 186 valence electrons. The number of halogens is 1. The molecular weight excluding hydrogens is 477 g/mol. The molecule has 1 saturated heterocycles. The van der Waals surface area contributed by atoms with E-state index < -0.39 is 5.82 Å². The molecule has 36 heavy (non-hydrogen) atoms. The van der Waals surface area contributed by atoms with Gasteiger partial charge in [-0.05, 0) is 55.1 Å². The maximum absolute atomic E-state index is 14.8. The lowest BCUT2D eigenvalue weighted by Gasteiger charge is -2.24. The van der Waals surface area contributed by atoms with Gasteiger partial charge in [-0.1, -0.05) is 18.0 Å². The van der Waals surface area contributed by atoms with Crippen molar-refractivity contribution < 1.29 is 9.13 Å². The topological polar surface area (TPSA) is 81.1 Å². The Hall–Kier alpha value is -3.40. The lowest BCUT2D eigenvalue weighted by Crippen LogP contribution is -2.33. The second-order valence-corrected chi connectivity index (χ2v) is 10.4. The molecule has 3 heterocycles. The van der Waals surface area contributed by atoms with Crippen LogP contribution in [-0.4, -0.2) is 46.4 Å². The number of pyridine rings is 1. The minimum Gasteiger partial charge on any atom is -0.371 e. The van der Waals surface area contributed by atoms with Crippen LogP contribution >= 0.6 is 10.5 Å². The molecule has 2 aromatic heterocycles. The van der Waals surface area contributed by atoms with E-state index in [1.807, 2.05) is 37.4 Å². The maximum Gasteiger partial charge on any atom is 0.260 e. The van der Waals surface area contributed by atoms with Crippen molar-refractivity contribution in [2.24, 2.45) is 0 Å². The number of ether oxygens (including phenoxy) is 1. The predicted molar refractivity (Wildman–Crippen MR) is 145 cm³/mol. The van der Waals surface area contributed by atoms with E-state index in [-0.39, 0.29) is 33.3 Å². The van der Waals surface area contributed by atoms with Crippen LogP contribution in [-0.2, 0) is 11.3 Å². The van der Waals surface area contributed by atoms with E-state index in [9.17, 15) is 9.18 Å². The van der Waals surface area contributed by atoms with Crippen molar-refractivity contribution in [1.82, 2.24) is 19.9 Å². The second kappa shape index (κ2) is 10.3. The van der Waals surface area contributed by atoms with Gasteiger partial charge < -0.3 is 15.4 Å². The lowest BCUT2D eigenvalue weighted by molar-refractivity contribution is 0.0277. The molecule has 1 fully saturated rings. The van der Waals surface area contributed by atoms with Crippen LogP contribution in [0.25, 0.3) is 22.2 Å². The summed E-state index contributed by atoms with van der Waals surface area (Å²) in [5.41, 5.74) is 2.68. The van der Waals surface area contributed by atoms with Gasteiger partial charge >= 0.3 is 0 Å². The van der Waals surface area contributed by atoms with E-state index in [1.54, 1.807) is 29.0 Å². The van der Waals surface area contributed by atoms with Crippen LogP contribution in [0.3, 0.4) is 0 Å². The number of nitrogens with zero attached hydrogens (tertiary/aromatic N) is 3. The number of hydrogen-bond acceptors (Lipinski definition) is 6. The molecule has 5 rings (SSSR count). The van der Waals surface area contributed by atoms with Crippen LogP contribution in [0.4, 0.5) is 16.0 Å². The van der Waals surface area contributed by atoms with E-state index >= 15 is 0 Å². The molecule has 0 aliphatic carbocycles. The van der Waals surface area contributed by atoms with Gasteiger partial charge in [0, 0.05) is 47.4 Å². The monoisotopic (exact) mass is 505 g/mol. The van der Waals surface area contributed by atoms with Crippen LogP contribution in [0.5, 0.6) is 0 Å². The standard InChI is InChI=1S/C27H28FN5O2S/c1-4-33-25-18(13-22(26(33)34)21-14-20(36(2)3)9-10-23(21)28)15-30-27(32-25)31-19-7-5-17(6-8-19)24-16-29-11-12-35-24/h5-10,13-15,24,29H,2,4,11-12,16H2,1,3H3,(H,30,31,32). The fraction of sp³-hybridized carbons (Fsp3) is 0.259. The lowest BCUT2D eigenvalue weighted by atomic mass is 10.1. The van der Waals surface area contributed by atoms with Crippen molar-refractivity contribution in [2.75, 3.05) is 31.3 Å². The van der Waals surface area contributed by atoms with Crippen LogP contribution in [0, 0.1) is 5.82 Å². The summed E-state index contributed by atoms with van der Waals surface area (Å²) in [6, 6.07) is 14.4. The highest BCUT2D eigenvalue weighted by Gasteiger charge is 2.17. The summed E-state index contributed by atoms with van der Waals surface area (Å²) < 4.78 is 22.1. The zero-order valence-corrected chi connectivity index (χ0v) is 21.1. The van der Waals surface area contributed by atoms with Crippen molar-refractivity contribution in [2.45, 2.75) is 24.5 Å². The number of rotatable bonds is 6. The van der Waals surface area contributed by atoms with Crippen molar-refractivity contribution >= 4 is 39.0 Å². The molecule has 2 aromatic carbocycles. The highest BCUT2D eigenvalue weighted by molar-refractivity contribution is 8.13. The van der Waals surface area contributed by atoms with Gasteiger partial charge in [-0.2, -0.15) is 15.5 Å². The minimum atomic E-state index is -0.444. The van der Waals surface area contributed by atoms with Crippen molar-refractivity contribution in [3.8, 4) is 11.1 Å². The molecule has 2 unspecified atom stereocenters. The number of fused-ring (bicyclic) bond motifs is 1. The molecule has 9 heteroatoms. The fourth-order valence-electron chi connectivity index (χ4n) is 4.32. The summed E-state index contributed by atoms with van der Waals surface area (Å²) in [4.78, 5) is 23.4. The Morgan fingerprint density at radius 2 is 2.03 bits per heavy atom. The average molecular weight is 506 g/mol. The quantitative estimate of drug-likeness (QED) is 0.370. The molecule has 4 aromatic rings. The van der Waals surface area contributed by atoms with Crippen LogP contribution in [0.2, 0.25) is 0 Å². The van der Waals surface area contributed by atoms with E-state index in [1.165, 1.54) is 6.07 Å². The molecule has 1 aliphatic rings. The highest BCUT2D eigenvalue weighted by atomic mass is 32.2. The van der Waals surface area contributed by atoms with E-state index in [2.05, 4.69) is 26.5 Å². The molecular formula is C27H28FN5O2S. The smallest absolute Gasteiger partial charge is 0.260 e. The Labute approximate surface area is 211 Å². The Morgan fingerprint density at radius 1 is 1.22 bits per heavy atom. The van der Waals surface area contributed by atoms with Crippen molar-refractivity contribution in [3.63, 3.8) is 0 Å². The van der Waals surface area contributed by atoms with Gasteiger partial charge in [0.1, 0.15) is 11.5 Å². The maximum atomic E-state index is 14.8. The fourth-order valence-corrected chi connectivity index (χ4v) is 4.94. The zero-order chi connectivity index (χ0) is 25.2. The summed E-state index contributed by atoms with van der Waals surface area (Å²) >= 11 is 0. The van der Waals surface area contributed by atoms with Crippen molar-refractivity contribution in [1.29, 1.82) is 0 Å². The predicted octanol–water partition coefficient (Wildman–Crippen LogP) is 4.71. The molecule has 0 spiro atoms. The molecule has 2 atom stereocenters. The number of aryl methyl sites for hydroxylation is 1. The number of morpholine rings is 1. The van der Waals surface area contributed by atoms with Crippen LogP contribution in [0.15, 0.2) is 64.4 Å². The first-order chi connectivity index (χ1) is 17.4. The van der Waals surface area contributed by atoms with Gasteiger partial charge in [-0.25, -0.2) is 9.37 Å². The van der Waals surface area contributed by atoms with E-state index in [0.717, 1.165) is 29.2 Å². The minimum absolute atomic E-state index is 0.0423. The normalized spacial score (nSPS) is 16.7. The van der Waals surface area contributed by atoms with E-state index in [4.69, 9.17) is 4.74 Å². The summed E-state index contributed by atoms with van der Waals surface area (Å²) in [5, 5.41) is 7.20. The summed E-state index contributed by atoms with van der Waals surface area (Å²) in [6.45, 7) is 4.62. The Morgan fingerprint density at radius 3 is 2.72 bits per heavy atom. The van der Waals surface area contributed by atoms with Gasteiger partial charge in [-0.3, -0.25) is 9.36 Å². The molecule has 1 aliphatic heterocycles. The third-order valence-corrected chi connectivity index (χ3v) is 7.30. The number of aromatic nitrogens is 3. The third-order valence-electron chi connectivity index (χ3n) is 6.24. The first-order valence-corrected chi connectivity index (χ1v) is 13.6. The zero-order valence-electron chi connectivity index (χ0n) is 20.3. The Bertz CT molecular complexity index is 1500. The Kier molecular flexibility index (Phi) is 6.95. The number of benzene rings is 2. The Balaban J connectivity index is 1.48. The molecule has 0 radical (unpaired) electrons. The molecule has 0 saturated carbocycles. The number of hydrogen-bond donors (Lipinski definition) is 2. The van der Waals surface area contributed by atoms with Crippen LogP contribution < -0.4 is 16.2 Å². The third kappa shape index (κ3) is 4.82. The number of nitrogens with one attached hydrogen (secondary N) is 2. The van der Waals surface area contributed by atoms with Gasteiger partial charge in [0.15, 0.2) is 0 Å². The average Bonchev–Trinajstić information content (AvgIpc) is 2.90. The van der Waals surface area contributed by atoms with Crippen LogP contribution in [0.1, 0.15) is 18.6 Å². The highest BCUT2D eigenvalue weighted by Crippen LogP contribution is 2.30. The molecule has 0 bridgehead atoms. The summed E-state index contributed by atoms with van der Waals surface area (Å²) in [7, 11) is -0.307. The summed E-state index contributed by atoms with van der Waals surface area (Å²) in [5.74, 6) is 3.97. The second-order valence-electron chi connectivity index (χ2n) is 8.67. The number of anilines is 2. The summed E-state index contributed by atoms with van der Waals surface area (Å²) in [6.07, 6.45) is 3.66. The van der Waals surface area contributed by atoms with Gasteiger partial charge in [-0.15, -0.1) is 0 Å².